The van der Waals surface area contributed by atoms with Crippen molar-refractivity contribution >= 4 is 22.7 Å². The lowest BCUT2D eigenvalue weighted by molar-refractivity contribution is -0.148. The number of halogens is 2. The zero-order valence-corrected chi connectivity index (χ0v) is 17.3. The smallest absolute Gasteiger partial charge is 0.309 e. The van der Waals surface area contributed by atoms with Crippen molar-refractivity contribution in [1.82, 2.24) is 19.9 Å². The monoisotopic (exact) mass is 435 g/mol. The summed E-state index contributed by atoms with van der Waals surface area (Å²) in [5.41, 5.74) is 1.05. The number of benzene rings is 1. The van der Waals surface area contributed by atoms with Gasteiger partial charge in [-0.05, 0) is 43.7 Å². The summed E-state index contributed by atoms with van der Waals surface area (Å²) in [4.78, 5) is 27.8. The number of carbonyl (C=O) groups is 1. The van der Waals surface area contributed by atoms with Crippen LogP contribution in [0, 0.1) is 18.6 Å². The second-order valence-electron chi connectivity index (χ2n) is 7.96. The Labute approximate surface area is 181 Å². The summed E-state index contributed by atoms with van der Waals surface area (Å²) < 4.78 is 34.5. The van der Waals surface area contributed by atoms with E-state index in [1.165, 1.54) is 6.07 Å². The number of rotatable bonds is 4. The predicted molar refractivity (Wildman–Crippen MR) is 114 cm³/mol. The zero-order valence-electron chi connectivity index (χ0n) is 17.3. The number of nitrogens with zero attached hydrogens (tertiary/aromatic N) is 3. The van der Waals surface area contributed by atoms with Crippen LogP contribution in [0.3, 0.4) is 0 Å². The number of esters is 1. The molecular weight excluding hydrogens is 416 g/mol. The number of ether oxygens (including phenoxy) is 1. The lowest BCUT2D eigenvalue weighted by atomic mass is 9.92. The summed E-state index contributed by atoms with van der Waals surface area (Å²) in [6.07, 6.45) is 4.25. The highest BCUT2D eigenvalue weighted by molar-refractivity contribution is 5.94. The molecule has 1 aromatic carbocycles. The number of cyclic esters (lactones) is 1. The second kappa shape index (κ2) is 7.37. The van der Waals surface area contributed by atoms with Crippen molar-refractivity contribution in [3.8, 4) is 11.4 Å². The molecule has 2 N–H and O–H groups in total. The molecule has 1 unspecified atom stereocenters. The molecule has 1 aliphatic rings. The van der Waals surface area contributed by atoms with Crippen LogP contribution >= 0.6 is 0 Å². The molecule has 4 aromatic rings. The van der Waals surface area contributed by atoms with Crippen LogP contribution in [0.2, 0.25) is 0 Å². The van der Waals surface area contributed by atoms with Crippen LogP contribution in [-0.4, -0.2) is 31.9 Å². The lowest BCUT2D eigenvalue weighted by Crippen LogP contribution is -2.39. The number of pyridine rings is 1. The first-order chi connectivity index (χ1) is 15.3. The number of aromatic nitrogens is 4. The molecule has 1 fully saturated rings. The minimum Gasteiger partial charge on any atom is -0.451 e. The molecule has 0 saturated carbocycles. The Balaban J connectivity index is 1.53. The van der Waals surface area contributed by atoms with E-state index in [1.54, 1.807) is 44.4 Å². The summed E-state index contributed by atoms with van der Waals surface area (Å²) in [6.45, 7) is 3.51. The van der Waals surface area contributed by atoms with E-state index in [0.717, 1.165) is 11.8 Å². The topological polar surface area (TPSA) is 92.8 Å². The first-order valence-electron chi connectivity index (χ1n) is 10.0. The normalized spacial score (nSPS) is 20.5. The Morgan fingerprint density at radius 2 is 2.06 bits per heavy atom. The number of H-pyrrole nitrogens is 1. The number of anilines is 1. The summed E-state index contributed by atoms with van der Waals surface area (Å²) >= 11 is 0. The van der Waals surface area contributed by atoms with Gasteiger partial charge in [-0.3, -0.25) is 9.78 Å². The van der Waals surface area contributed by atoms with Crippen molar-refractivity contribution < 1.29 is 18.3 Å². The minimum absolute atomic E-state index is 0.0172. The standard InChI is InChI=1S/C23H19F2N5O2/c1-12-7-13-14(10-27-20(13)15(24)8-12)21-28-11-16(25)22(30-21)29-18-9-19(31)32-23(18,2)17-5-3-4-6-26-17/h3-8,10-11,18,27H,9H2,1-2H3,(H,28,29,30)/t18-,23?/m0/s1. The number of nitrogens with one attached hydrogen (secondary N) is 2. The van der Waals surface area contributed by atoms with E-state index in [2.05, 4.69) is 25.3 Å². The number of hydrogen-bond acceptors (Lipinski definition) is 6. The molecule has 4 heterocycles. The molecule has 7 nitrogen and oxygen atoms in total. The number of fused-ring (bicyclic) bond motifs is 1. The van der Waals surface area contributed by atoms with Crippen LogP contribution in [0.25, 0.3) is 22.3 Å². The van der Waals surface area contributed by atoms with Crippen LogP contribution in [0.1, 0.15) is 24.6 Å². The molecule has 0 spiro atoms. The Hall–Kier alpha value is -3.88. The van der Waals surface area contributed by atoms with Crippen LogP contribution in [0.15, 0.2) is 48.9 Å². The van der Waals surface area contributed by atoms with Crippen LogP contribution in [0.4, 0.5) is 14.6 Å². The lowest BCUT2D eigenvalue weighted by Gasteiger charge is -2.29. The van der Waals surface area contributed by atoms with Crippen molar-refractivity contribution in [3.05, 3.63) is 71.8 Å². The Morgan fingerprint density at radius 3 is 2.84 bits per heavy atom. The van der Waals surface area contributed by atoms with E-state index < -0.39 is 23.4 Å². The van der Waals surface area contributed by atoms with Crippen molar-refractivity contribution in [3.63, 3.8) is 0 Å². The molecule has 32 heavy (non-hydrogen) atoms. The van der Waals surface area contributed by atoms with E-state index in [0.29, 0.717) is 22.2 Å². The predicted octanol–water partition coefficient (Wildman–Crippen LogP) is 4.25. The van der Waals surface area contributed by atoms with Crippen LogP contribution in [-0.2, 0) is 15.1 Å². The van der Waals surface area contributed by atoms with E-state index in [1.807, 2.05) is 6.07 Å². The van der Waals surface area contributed by atoms with Gasteiger partial charge in [0, 0.05) is 23.3 Å². The molecular formula is C23H19F2N5O2. The average molecular weight is 435 g/mol. The molecule has 3 aromatic heterocycles. The molecule has 1 aliphatic heterocycles. The molecule has 5 rings (SSSR count). The molecule has 1 saturated heterocycles. The maximum absolute atomic E-state index is 14.7. The largest absolute Gasteiger partial charge is 0.451 e. The fraction of sp³-hybridized carbons (Fsp3) is 0.217. The first-order valence-corrected chi connectivity index (χ1v) is 10.0. The minimum atomic E-state index is -1.10. The van der Waals surface area contributed by atoms with Crippen molar-refractivity contribution in [2.45, 2.75) is 31.9 Å². The van der Waals surface area contributed by atoms with E-state index >= 15 is 0 Å². The first kappa shape index (κ1) is 20.0. The molecule has 2 atom stereocenters. The third-order valence-electron chi connectivity index (χ3n) is 5.72. The number of hydrogen-bond donors (Lipinski definition) is 2. The van der Waals surface area contributed by atoms with Gasteiger partial charge in [0.25, 0.3) is 0 Å². The van der Waals surface area contributed by atoms with Gasteiger partial charge in [0.1, 0.15) is 5.82 Å². The average Bonchev–Trinajstić information content (AvgIpc) is 3.31. The van der Waals surface area contributed by atoms with E-state index in [-0.39, 0.29) is 23.9 Å². The van der Waals surface area contributed by atoms with Gasteiger partial charge in [-0.2, -0.15) is 0 Å². The third kappa shape index (κ3) is 3.26. The molecule has 0 aliphatic carbocycles. The van der Waals surface area contributed by atoms with Crippen LogP contribution in [0.5, 0.6) is 0 Å². The number of aromatic amines is 1. The Kier molecular flexibility index (Phi) is 4.61. The molecule has 0 bridgehead atoms. The zero-order chi connectivity index (χ0) is 22.5. The SMILES string of the molecule is Cc1cc(F)c2[nH]cc(-c3ncc(F)c(N[C@H]4CC(=O)OC4(C)c4ccccn4)n3)c2c1. The van der Waals surface area contributed by atoms with Gasteiger partial charge in [-0.25, -0.2) is 18.7 Å². The van der Waals surface area contributed by atoms with Gasteiger partial charge in [0.15, 0.2) is 23.1 Å². The molecule has 9 heteroatoms. The highest BCUT2D eigenvalue weighted by Gasteiger charge is 2.48. The highest BCUT2D eigenvalue weighted by atomic mass is 19.1. The van der Waals surface area contributed by atoms with E-state index in [4.69, 9.17) is 4.74 Å². The van der Waals surface area contributed by atoms with Gasteiger partial charge in [-0.1, -0.05) is 6.07 Å². The van der Waals surface area contributed by atoms with Gasteiger partial charge < -0.3 is 15.0 Å². The van der Waals surface area contributed by atoms with Crippen molar-refractivity contribution in [1.29, 1.82) is 0 Å². The fourth-order valence-electron chi connectivity index (χ4n) is 4.06. The van der Waals surface area contributed by atoms with Crippen molar-refractivity contribution in [2.24, 2.45) is 0 Å². The van der Waals surface area contributed by atoms with Gasteiger partial charge in [-0.15, -0.1) is 0 Å². The van der Waals surface area contributed by atoms with Gasteiger partial charge >= 0.3 is 5.97 Å². The molecule has 162 valence electrons. The van der Waals surface area contributed by atoms with Crippen LogP contribution < -0.4 is 5.32 Å². The fourth-order valence-corrected chi connectivity index (χ4v) is 4.06. The quantitative estimate of drug-likeness (QED) is 0.466. The summed E-state index contributed by atoms with van der Waals surface area (Å²) in [5.74, 6) is -1.36. The van der Waals surface area contributed by atoms with Gasteiger partial charge in [0.05, 0.1) is 29.9 Å². The highest BCUT2D eigenvalue weighted by Crippen LogP contribution is 2.38. The Bertz CT molecular complexity index is 1340. The second-order valence-corrected chi connectivity index (χ2v) is 7.96. The number of aryl methyl sites for hydroxylation is 1. The number of carbonyl (C=O) groups excluding carboxylic acids is 1. The molecule has 0 amide bonds. The summed E-state index contributed by atoms with van der Waals surface area (Å²) in [5, 5.41) is 3.60. The summed E-state index contributed by atoms with van der Waals surface area (Å²) in [7, 11) is 0. The molecule has 0 radical (unpaired) electrons. The van der Waals surface area contributed by atoms with Gasteiger partial charge in [0.2, 0.25) is 0 Å². The summed E-state index contributed by atoms with van der Waals surface area (Å²) in [6, 6.07) is 7.93. The Morgan fingerprint density at radius 1 is 1.22 bits per heavy atom. The third-order valence-corrected chi connectivity index (χ3v) is 5.72. The van der Waals surface area contributed by atoms with E-state index in [9.17, 15) is 13.6 Å². The maximum atomic E-state index is 14.7. The van der Waals surface area contributed by atoms with Crippen molar-refractivity contribution in [2.75, 3.05) is 5.32 Å². The maximum Gasteiger partial charge on any atom is 0.309 e.